The Kier molecular flexibility index (Phi) is 7.04. The normalized spacial score (nSPS) is 33.2. The van der Waals surface area contributed by atoms with Gasteiger partial charge in [-0.05, 0) is 24.3 Å². The molecule has 0 spiro atoms. The van der Waals surface area contributed by atoms with Crippen LogP contribution in [0.3, 0.4) is 0 Å². The van der Waals surface area contributed by atoms with Crippen molar-refractivity contribution in [2.24, 2.45) is 0 Å². The van der Waals surface area contributed by atoms with Gasteiger partial charge in [0.2, 0.25) is 0 Å². The molecule has 0 bridgehead atoms. The predicted octanol–water partition coefficient (Wildman–Crippen LogP) is 1.93. The van der Waals surface area contributed by atoms with Gasteiger partial charge < -0.3 is 20.4 Å². The molecule has 112 valence electrons. The van der Waals surface area contributed by atoms with Crippen molar-refractivity contribution in [3.05, 3.63) is 44.4 Å². The highest BCUT2D eigenvalue weighted by molar-refractivity contribution is 6.33. The fourth-order valence-corrected chi connectivity index (χ4v) is 2.05. The molecule has 4 unspecified atom stereocenters. The van der Waals surface area contributed by atoms with Gasteiger partial charge in [-0.25, -0.2) is 0 Å². The first-order chi connectivity index (χ1) is 9.22. The maximum atomic E-state index is 8.99. The molecule has 0 radical (unpaired) electrons. The van der Waals surface area contributed by atoms with E-state index in [1.165, 1.54) is 24.3 Å². The van der Waals surface area contributed by atoms with Crippen LogP contribution in [0.1, 0.15) is 0 Å². The Morgan fingerprint density at radius 3 is 0.800 bits per heavy atom. The van der Waals surface area contributed by atoms with Gasteiger partial charge in [-0.2, -0.15) is 0 Å². The molecule has 0 fully saturated rings. The van der Waals surface area contributed by atoms with Crippen LogP contribution in [-0.2, 0) is 0 Å². The van der Waals surface area contributed by atoms with Crippen molar-refractivity contribution in [3.8, 4) is 0 Å². The van der Waals surface area contributed by atoms with E-state index in [2.05, 4.69) is 0 Å². The van der Waals surface area contributed by atoms with Gasteiger partial charge in [-0.3, -0.25) is 0 Å². The molecule has 0 aromatic carbocycles. The summed E-state index contributed by atoms with van der Waals surface area (Å²) in [5.74, 6) is 0. The van der Waals surface area contributed by atoms with Crippen molar-refractivity contribution < 1.29 is 20.4 Å². The topological polar surface area (TPSA) is 80.9 Å². The molecule has 2 aliphatic carbocycles. The minimum atomic E-state index is -0.863. The first-order valence-corrected chi connectivity index (χ1v) is 6.94. The third-order valence-electron chi connectivity index (χ3n) is 2.40. The van der Waals surface area contributed by atoms with E-state index in [-0.39, 0.29) is 20.1 Å². The fraction of sp³-hybridized carbons (Fsp3) is 0.333. The lowest BCUT2D eigenvalue weighted by Gasteiger charge is -2.14. The van der Waals surface area contributed by atoms with Gasteiger partial charge >= 0.3 is 0 Å². The van der Waals surface area contributed by atoms with Crippen molar-refractivity contribution in [3.63, 3.8) is 0 Å². The number of hydrogen-bond donors (Lipinski definition) is 4. The van der Waals surface area contributed by atoms with Crippen molar-refractivity contribution >= 4 is 46.4 Å². The van der Waals surface area contributed by atoms with Crippen LogP contribution in [0.15, 0.2) is 44.4 Å². The summed E-state index contributed by atoms with van der Waals surface area (Å²) in [5, 5.41) is 36.8. The van der Waals surface area contributed by atoms with E-state index >= 15 is 0 Å². The van der Waals surface area contributed by atoms with E-state index in [1.807, 2.05) is 0 Å². The Morgan fingerprint density at radius 2 is 0.650 bits per heavy atom. The van der Waals surface area contributed by atoms with Gasteiger partial charge in [0.1, 0.15) is 24.4 Å². The van der Waals surface area contributed by atoms with Crippen LogP contribution in [0, 0.1) is 0 Å². The largest absolute Gasteiger partial charge is 0.383 e. The van der Waals surface area contributed by atoms with Gasteiger partial charge in [-0.15, -0.1) is 0 Å². The number of halogens is 4. The van der Waals surface area contributed by atoms with Gasteiger partial charge in [0, 0.05) is 20.1 Å². The molecule has 0 heterocycles. The molecule has 2 rings (SSSR count). The molecule has 0 aliphatic heterocycles. The Bertz CT molecular complexity index is 396. The van der Waals surface area contributed by atoms with E-state index in [1.54, 1.807) is 0 Å². The van der Waals surface area contributed by atoms with Crippen LogP contribution in [0.2, 0.25) is 0 Å². The van der Waals surface area contributed by atoms with Crippen molar-refractivity contribution in [1.29, 1.82) is 0 Å². The highest BCUT2D eigenvalue weighted by Gasteiger charge is 2.18. The van der Waals surface area contributed by atoms with Gasteiger partial charge in [-0.1, -0.05) is 46.4 Å². The molecule has 0 saturated heterocycles. The maximum Gasteiger partial charge on any atom is 0.109 e. The lowest BCUT2D eigenvalue weighted by molar-refractivity contribution is 0.233. The summed E-state index contributed by atoms with van der Waals surface area (Å²) in [6, 6.07) is 0. The van der Waals surface area contributed by atoms with Crippen molar-refractivity contribution in [2.45, 2.75) is 24.4 Å². The number of aliphatic hydroxyl groups excluding tert-OH is 4. The molecule has 2 aliphatic rings. The average Bonchev–Trinajstić information content (AvgIpc) is 2.35. The molecule has 0 aromatic heterocycles. The van der Waals surface area contributed by atoms with E-state index in [0.29, 0.717) is 0 Å². The van der Waals surface area contributed by atoms with Crippen LogP contribution in [0.5, 0.6) is 0 Å². The Balaban J connectivity index is 0.000000200. The van der Waals surface area contributed by atoms with E-state index < -0.39 is 24.4 Å². The number of aliphatic hydroxyl groups is 4. The highest BCUT2D eigenvalue weighted by Crippen LogP contribution is 2.23. The molecule has 4 N–H and O–H groups in total. The summed E-state index contributed by atoms with van der Waals surface area (Å²) in [4.78, 5) is 0. The van der Waals surface area contributed by atoms with Crippen LogP contribution in [0.4, 0.5) is 0 Å². The summed E-state index contributed by atoms with van der Waals surface area (Å²) in [6.45, 7) is 0. The zero-order valence-electron chi connectivity index (χ0n) is 9.92. The van der Waals surface area contributed by atoms with E-state index in [9.17, 15) is 0 Å². The van der Waals surface area contributed by atoms with Crippen LogP contribution in [0.25, 0.3) is 0 Å². The van der Waals surface area contributed by atoms with E-state index in [0.717, 1.165) is 0 Å². The lowest BCUT2D eigenvalue weighted by atomic mass is 10.1. The summed E-state index contributed by atoms with van der Waals surface area (Å²) >= 11 is 21.9. The molecule has 8 heteroatoms. The van der Waals surface area contributed by atoms with Crippen molar-refractivity contribution in [1.82, 2.24) is 0 Å². The zero-order chi connectivity index (χ0) is 15.4. The second-order valence-corrected chi connectivity index (χ2v) is 5.73. The predicted molar refractivity (Wildman–Crippen MR) is 79.8 cm³/mol. The average molecular weight is 362 g/mol. The Labute approximate surface area is 135 Å². The minimum absolute atomic E-state index is 0.205. The molecule has 4 nitrogen and oxygen atoms in total. The third-order valence-corrected chi connectivity index (χ3v) is 3.80. The SMILES string of the molecule is OC1C=C(Cl)C(O)C=C1Cl.OC1C=C(Cl)C(O)C=C1Cl. The standard InChI is InChI=1S/2C6H6Cl2O2/c2*7-3-1-5(9)4(8)2-6(3)10/h2*1-2,5-6,9-10H. The summed E-state index contributed by atoms with van der Waals surface area (Å²) in [6.07, 6.45) is 1.75. The third kappa shape index (κ3) is 5.06. The smallest absolute Gasteiger partial charge is 0.109 e. The fourth-order valence-electron chi connectivity index (χ4n) is 1.32. The first kappa shape index (κ1) is 18.0. The second kappa shape index (κ2) is 7.82. The van der Waals surface area contributed by atoms with Gasteiger partial charge in [0.15, 0.2) is 0 Å². The van der Waals surface area contributed by atoms with Crippen LogP contribution in [-0.4, -0.2) is 44.8 Å². The molecule has 0 aromatic rings. The second-order valence-electron chi connectivity index (χ2n) is 3.99. The van der Waals surface area contributed by atoms with Crippen molar-refractivity contribution in [2.75, 3.05) is 0 Å². The summed E-state index contributed by atoms with van der Waals surface area (Å²) in [7, 11) is 0. The lowest BCUT2D eigenvalue weighted by Crippen LogP contribution is -2.15. The number of hydrogen-bond acceptors (Lipinski definition) is 4. The molecular formula is C12H12Cl4O4. The zero-order valence-corrected chi connectivity index (χ0v) is 12.9. The van der Waals surface area contributed by atoms with Crippen LogP contribution >= 0.6 is 46.4 Å². The minimum Gasteiger partial charge on any atom is -0.383 e. The summed E-state index contributed by atoms with van der Waals surface area (Å²) < 4.78 is 0. The Hall–Kier alpha value is -0.0400. The molecule has 4 atom stereocenters. The highest BCUT2D eigenvalue weighted by atomic mass is 35.5. The summed E-state index contributed by atoms with van der Waals surface area (Å²) in [5.41, 5.74) is 0. The Morgan fingerprint density at radius 1 is 0.500 bits per heavy atom. The molecule has 20 heavy (non-hydrogen) atoms. The monoisotopic (exact) mass is 360 g/mol. The van der Waals surface area contributed by atoms with Gasteiger partial charge in [0.25, 0.3) is 0 Å². The quantitative estimate of drug-likeness (QED) is 0.531. The molecule has 0 saturated carbocycles. The molecule has 0 amide bonds. The van der Waals surface area contributed by atoms with E-state index in [4.69, 9.17) is 66.8 Å². The molecular weight excluding hydrogens is 350 g/mol. The van der Waals surface area contributed by atoms with Crippen LogP contribution < -0.4 is 0 Å². The van der Waals surface area contributed by atoms with Gasteiger partial charge in [0.05, 0.1) is 0 Å². The first-order valence-electron chi connectivity index (χ1n) is 5.43. The maximum absolute atomic E-state index is 8.99. The number of rotatable bonds is 0.